The van der Waals surface area contributed by atoms with Gasteiger partial charge in [-0.25, -0.2) is 4.98 Å². The number of aromatic nitrogens is 2. The zero-order valence-electron chi connectivity index (χ0n) is 10.0. The van der Waals surface area contributed by atoms with Gasteiger partial charge in [0.05, 0.1) is 10.0 Å². The van der Waals surface area contributed by atoms with Gasteiger partial charge in [0.1, 0.15) is 16.2 Å². The van der Waals surface area contributed by atoms with E-state index in [1.165, 1.54) is 0 Å². The Morgan fingerprint density at radius 1 is 1.05 bits per heavy atom. The van der Waals surface area contributed by atoms with Crippen LogP contribution in [0.4, 0.5) is 0 Å². The van der Waals surface area contributed by atoms with Crippen LogP contribution in [0.5, 0.6) is 11.6 Å². The van der Waals surface area contributed by atoms with E-state index < -0.39 is 0 Å². The van der Waals surface area contributed by atoms with Crippen molar-refractivity contribution in [1.82, 2.24) is 9.97 Å². The zero-order chi connectivity index (χ0) is 14.3. The van der Waals surface area contributed by atoms with Gasteiger partial charge in [0.25, 0.3) is 0 Å². The lowest BCUT2D eigenvalue weighted by molar-refractivity contribution is 0.458. The third-order valence-electron chi connectivity index (χ3n) is 2.82. The lowest BCUT2D eigenvalue weighted by Crippen LogP contribution is -1.97. The lowest BCUT2D eigenvalue weighted by Gasteiger charge is -2.09. The lowest BCUT2D eigenvalue weighted by atomic mass is 10.3. The van der Waals surface area contributed by atoms with Crippen molar-refractivity contribution in [3.63, 3.8) is 0 Å². The van der Waals surface area contributed by atoms with Crippen LogP contribution in [-0.2, 0) is 0 Å². The highest BCUT2D eigenvalue weighted by Gasteiger charge is 2.27. The molecule has 0 amide bonds. The second-order valence-corrected chi connectivity index (χ2v) is 6.94. The topological polar surface area (TPSA) is 35.0 Å². The van der Waals surface area contributed by atoms with Gasteiger partial charge in [-0.2, -0.15) is 4.98 Å². The molecule has 0 bridgehead atoms. The van der Waals surface area contributed by atoms with Crippen LogP contribution in [0.15, 0.2) is 27.3 Å². The van der Waals surface area contributed by atoms with Crippen LogP contribution in [0, 0.1) is 0 Å². The standard InChI is InChI=1S/C13H8Br2Cl2N2O/c14-7-3-9(17)10(4-8(7)16)20-12-5-11(15)18-13(19-12)6-1-2-6/h3-6H,1-2H2. The summed E-state index contributed by atoms with van der Waals surface area (Å²) in [4.78, 5) is 8.76. The van der Waals surface area contributed by atoms with Gasteiger partial charge in [-0.05, 0) is 50.8 Å². The predicted octanol–water partition coefficient (Wildman–Crippen LogP) is 5.98. The zero-order valence-corrected chi connectivity index (χ0v) is 14.7. The molecule has 0 unspecified atom stereocenters. The van der Waals surface area contributed by atoms with Crippen LogP contribution in [0.2, 0.25) is 10.0 Å². The Labute approximate surface area is 142 Å². The van der Waals surface area contributed by atoms with E-state index in [0.29, 0.717) is 32.2 Å². The van der Waals surface area contributed by atoms with Gasteiger partial charge in [-0.3, -0.25) is 0 Å². The highest BCUT2D eigenvalue weighted by Crippen LogP contribution is 2.40. The van der Waals surface area contributed by atoms with Crippen molar-refractivity contribution in [2.24, 2.45) is 0 Å². The molecule has 0 atom stereocenters. The molecule has 2 aromatic rings. The smallest absolute Gasteiger partial charge is 0.223 e. The average Bonchev–Trinajstić information content (AvgIpc) is 3.19. The molecule has 1 heterocycles. The van der Waals surface area contributed by atoms with Gasteiger partial charge in [-0.15, -0.1) is 0 Å². The normalized spacial score (nSPS) is 14.4. The van der Waals surface area contributed by atoms with E-state index in [1.54, 1.807) is 18.2 Å². The van der Waals surface area contributed by atoms with E-state index in [-0.39, 0.29) is 0 Å². The van der Waals surface area contributed by atoms with E-state index >= 15 is 0 Å². The van der Waals surface area contributed by atoms with Gasteiger partial charge in [-0.1, -0.05) is 23.2 Å². The van der Waals surface area contributed by atoms with Crippen LogP contribution in [-0.4, -0.2) is 9.97 Å². The average molecular weight is 439 g/mol. The Hall–Kier alpha value is -0.360. The fourth-order valence-corrected chi connectivity index (χ4v) is 2.89. The second-order valence-electron chi connectivity index (χ2n) is 4.46. The maximum Gasteiger partial charge on any atom is 0.223 e. The third kappa shape index (κ3) is 3.27. The second kappa shape index (κ2) is 5.79. The van der Waals surface area contributed by atoms with Gasteiger partial charge >= 0.3 is 0 Å². The molecule has 3 nitrogen and oxygen atoms in total. The molecule has 0 saturated heterocycles. The molecular weight excluding hydrogens is 431 g/mol. The van der Waals surface area contributed by atoms with Crippen LogP contribution >= 0.6 is 55.1 Å². The summed E-state index contributed by atoms with van der Waals surface area (Å²) in [6.07, 6.45) is 2.25. The molecule has 7 heteroatoms. The number of hydrogen-bond donors (Lipinski definition) is 0. The molecular formula is C13H8Br2Cl2N2O. The maximum absolute atomic E-state index is 6.14. The van der Waals surface area contributed by atoms with Gasteiger partial charge < -0.3 is 4.74 Å². The molecule has 104 valence electrons. The van der Waals surface area contributed by atoms with Crippen LogP contribution < -0.4 is 4.74 Å². The molecule has 1 aliphatic rings. The molecule has 1 aliphatic carbocycles. The summed E-state index contributed by atoms with van der Waals surface area (Å²) >= 11 is 18.9. The minimum Gasteiger partial charge on any atom is -0.437 e. The van der Waals surface area contributed by atoms with Crippen molar-refractivity contribution in [3.05, 3.63) is 43.1 Å². The Morgan fingerprint density at radius 2 is 1.80 bits per heavy atom. The first kappa shape index (κ1) is 14.6. The summed E-state index contributed by atoms with van der Waals surface area (Å²) in [7, 11) is 0. The summed E-state index contributed by atoms with van der Waals surface area (Å²) in [6.45, 7) is 0. The number of hydrogen-bond acceptors (Lipinski definition) is 3. The van der Waals surface area contributed by atoms with Gasteiger partial charge in [0, 0.05) is 22.5 Å². The molecule has 20 heavy (non-hydrogen) atoms. The predicted molar refractivity (Wildman–Crippen MR) is 85.9 cm³/mol. The van der Waals surface area contributed by atoms with E-state index in [9.17, 15) is 0 Å². The number of ether oxygens (including phenoxy) is 1. The van der Waals surface area contributed by atoms with Crippen molar-refractivity contribution in [2.75, 3.05) is 0 Å². The number of benzene rings is 1. The van der Waals surface area contributed by atoms with E-state index in [0.717, 1.165) is 23.1 Å². The summed E-state index contributed by atoms with van der Waals surface area (Å²) in [5.41, 5.74) is 0. The van der Waals surface area contributed by atoms with Crippen molar-refractivity contribution in [3.8, 4) is 11.6 Å². The first-order valence-electron chi connectivity index (χ1n) is 5.90. The van der Waals surface area contributed by atoms with Crippen LogP contribution in [0.25, 0.3) is 0 Å². The number of nitrogens with zero attached hydrogens (tertiary/aromatic N) is 2. The monoisotopic (exact) mass is 436 g/mol. The molecule has 3 rings (SSSR count). The van der Waals surface area contributed by atoms with Crippen LogP contribution in [0.3, 0.4) is 0 Å². The molecule has 1 aromatic carbocycles. The molecule has 1 fully saturated rings. The van der Waals surface area contributed by atoms with E-state index in [2.05, 4.69) is 41.8 Å². The minimum atomic E-state index is 0.443. The quantitative estimate of drug-likeness (QED) is 0.437. The fraction of sp³-hybridized carbons (Fsp3) is 0.231. The largest absolute Gasteiger partial charge is 0.437 e. The number of rotatable bonds is 3. The van der Waals surface area contributed by atoms with Crippen molar-refractivity contribution >= 4 is 55.1 Å². The Bertz CT molecular complexity index is 678. The first-order chi connectivity index (χ1) is 9.52. The maximum atomic E-state index is 6.14. The van der Waals surface area contributed by atoms with Crippen molar-refractivity contribution < 1.29 is 4.74 Å². The molecule has 0 spiro atoms. The van der Waals surface area contributed by atoms with Crippen LogP contribution in [0.1, 0.15) is 24.6 Å². The molecule has 1 aromatic heterocycles. The Morgan fingerprint density at radius 3 is 2.50 bits per heavy atom. The minimum absolute atomic E-state index is 0.443. The van der Waals surface area contributed by atoms with Gasteiger partial charge in [0.15, 0.2) is 0 Å². The van der Waals surface area contributed by atoms with E-state index in [4.69, 9.17) is 27.9 Å². The molecule has 0 N–H and O–H groups in total. The fourth-order valence-electron chi connectivity index (χ4n) is 1.69. The highest BCUT2D eigenvalue weighted by molar-refractivity contribution is 9.10. The summed E-state index contributed by atoms with van der Waals surface area (Å²) in [5, 5.41) is 0.990. The van der Waals surface area contributed by atoms with Crippen molar-refractivity contribution in [2.45, 2.75) is 18.8 Å². The summed E-state index contributed by atoms with van der Waals surface area (Å²) in [6, 6.07) is 5.05. The summed E-state index contributed by atoms with van der Waals surface area (Å²) in [5.74, 6) is 2.16. The third-order valence-corrected chi connectivity index (χ3v) is 4.72. The highest BCUT2D eigenvalue weighted by atomic mass is 79.9. The Balaban J connectivity index is 1.92. The van der Waals surface area contributed by atoms with Crippen molar-refractivity contribution in [1.29, 1.82) is 0 Å². The molecule has 1 saturated carbocycles. The Kier molecular flexibility index (Phi) is 4.22. The SMILES string of the molecule is Clc1cc(Oc2cc(Br)nc(C3CC3)n2)c(Cl)cc1Br. The first-order valence-corrected chi connectivity index (χ1v) is 8.24. The molecule has 0 aliphatic heterocycles. The van der Waals surface area contributed by atoms with E-state index in [1.807, 2.05) is 0 Å². The van der Waals surface area contributed by atoms with Gasteiger partial charge in [0.2, 0.25) is 5.88 Å². The summed E-state index contributed by atoms with van der Waals surface area (Å²) < 4.78 is 7.15. The number of halogens is 4. The molecule has 0 radical (unpaired) electrons.